The molecule has 132 valence electrons. The van der Waals surface area contributed by atoms with E-state index in [4.69, 9.17) is 44.1 Å². The third-order valence-electron chi connectivity index (χ3n) is 3.02. The summed E-state index contributed by atoms with van der Waals surface area (Å²) in [5, 5.41) is 8.41. The van der Waals surface area contributed by atoms with E-state index in [1.165, 1.54) is 6.21 Å². The first-order valence-corrected chi connectivity index (χ1v) is 8.52. The maximum Gasteiger partial charge on any atom is 0.211 e. The van der Waals surface area contributed by atoms with Crippen molar-refractivity contribution in [2.45, 2.75) is 6.61 Å². The fraction of sp³-hybridized carbons (Fsp3) is 0.125. The molecule has 0 radical (unpaired) electrons. The van der Waals surface area contributed by atoms with E-state index < -0.39 is 0 Å². The molecule has 0 spiro atoms. The summed E-state index contributed by atoms with van der Waals surface area (Å²) in [5.41, 5.74) is 12.0. The third-order valence-corrected chi connectivity index (χ3v) is 4.19. The minimum atomic E-state index is -0.123. The Morgan fingerprint density at radius 2 is 2.00 bits per heavy atom. The number of guanidine groups is 1. The largest absolute Gasteiger partial charge is 0.493 e. The second kappa shape index (κ2) is 8.94. The Labute approximate surface area is 163 Å². The van der Waals surface area contributed by atoms with Crippen LogP contribution in [0, 0.1) is 0 Å². The Kier molecular flexibility index (Phi) is 6.92. The second-order valence-electron chi connectivity index (χ2n) is 4.83. The van der Waals surface area contributed by atoms with Gasteiger partial charge in [-0.2, -0.15) is 5.10 Å². The van der Waals surface area contributed by atoms with E-state index in [1.54, 1.807) is 37.4 Å². The van der Waals surface area contributed by atoms with Crippen LogP contribution in [0.15, 0.2) is 45.0 Å². The molecule has 2 aromatic rings. The van der Waals surface area contributed by atoms with Crippen LogP contribution in [0.25, 0.3) is 0 Å². The Hall–Kier alpha value is -1.96. The zero-order chi connectivity index (χ0) is 18.4. The standard InChI is InChI=1S/C16H15BrCl2N4O2/c1-24-14-5-9(7-22-23-16(20)21)4-12(17)15(14)25-8-10-2-3-11(18)6-13(10)19/h2-7H,8H2,1H3,(H4,20,21,23)/b22-7-. The van der Waals surface area contributed by atoms with Crippen molar-refractivity contribution in [3.05, 3.63) is 56.0 Å². The molecule has 0 aliphatic rings. The van der Waals surface area contributed by atoms with Gasteiger partial charge in [0.15, 0.2) is 11.5 Å². The van der Waals surface area contributed by atoms with Crippen LogP contribution in [0.1, 0.15) is 11.1 Å². The van der Waals surface area contributed by atoms with Gasteiger partial charge in [0.1, 0.15) is 6.61 Å². The highest BCUT2D eigenvalue weighted by molar-refractivity contribution is 9.10. The molecular weight excluding hydrogens is 431 g/mol. The van der Waals surface area contributed by atoms with E-state index in [-0.39, 0.29) is 12.6 Å². The summed E-state index contributed by atoms with van der Waals surface area (Å²) in [4.78, 5) is 0. The lowest BCUT2D eigenvalue weighted by Crippen LogP contribution is -2.21. The summed E-state index contributed by atoms with van der Waals surface area (Å²) in [6, 6.07) is 8.77. The van der Waals surface area contributed by atoms with Crippen LogP contribution in [0.5, 0.6) is 11.5 Å². The van der Waals surface area contributed by atoms with Crippen molar-refractivity contribution in [1.82, 2.24) is 0 Å². The smallest absolute Gasteiger partial charge is 0.211 e. The van der Waals surface area contributed by atoms with Crippen LogP contribution < -0.4 is 20.9 Å². The van der Waals surface area contributed by atoms with E-state index >= 15 is 0 Å². The van der Waals surface area contributed by atoms with Gasteiger partial charge in [-0.05, 0) is 45.8 Å². The minimum Gasteiger partial charge on any atom is -0.493 e. The van der Waals surface area contributed by atoms with Crippen LogP contribution in [0.2, 0.25) is 10.0 Å². The first-order chi connectivity index (χ1) is 11.9. The zero-order valence-electron chi connectivity index (χ0n) is 13.2. The molecule has 0 atom stereocenters. The van der Waals surface area contributed by atoms with Crippen molar-refractivity contribution in [1.29, 1.82) is 0 Å². The summed E-state index contributed by atoms with van der Waals surface area (Å²) >= 11 is 15.5. The molecule has 9 heteroatoms. The van der Waals surface area contributed by atoms with E-state index in [2.05, 4.69) is 26.1 Å². The van der Waals surface area contributed by atoms with Crippen molar-refractivity contribution in [3.63, 3.8) is 0 Å². The topological polar surface area (TPSA) is 95.2 Å². The van der Waals surface area contributed by atoms with Crippen LogP contribution in [0.3, 0.4) is 0 Å². The number of hydrogen-bond acceptors (Lipinski definition) is 4. The molecule has 6 nitrogen and oxygen atoms in total. The molecule has 4 N–H and O–H groups in total. The van der Waals surface area contributed by atoms with Crippen molar-refractivity contribution < 1.29 is 9.47 Å². The van der Waals surface area contributed by atoms with E-state index in [9.17, 15) is 0 Å². The Bertz CT molecular complexity index is 824. The molecule has 0 amide bonds. The van der Waals surface area contributed by atoms with Crippen LogP contribution in [-0.2, 0) is 6.61 Å². The number of nitrogens with two attached hydrogens (primary N) is 2. The highest BCUT2D eigenvalue weighted by atomic mass is 79.9. The van der Waals surface area contributed by atoms with Crippen LogP contribution in [0.4, 0.5) is 0 Å². The van der Waals surface area contributed by atoms with Crippen molar-refractivity contribution >= 4 is 51.3 Å². The summed E-state index contributed by atoms with van der Waals surface area (Å²) < 4.78 is 11.9. The van der Waals surface area contributed by atoms with E-state index in [0.29, 0.717) is 26.0 Å². The molecule has 0 aromatic heterocycles. The number of nitrogens with zero attached hydrogens (tertiary/aromatic N) is 2. The van der Waals surface area contributed by atoms with E-state index in [1.807, 2.05) is 0 Å². The first kappa shape index (κ1) is 19.4. The van der Waals surface area contributed by atoms with Crippen LogP contribution in [-0.4, -0.2) is 19.3 Å². The molecule has 0 aliphatic heterocycles. The minimum absolute atomic E-state index is 0.123. The first-order valence-electron chi connectivity index (χ1n) is 6.97. The maximum absolute atomic E-state index is 6.16. The molecule has 0 bridgehead atoms. The lowest BCUT2D eigenvalue weighted by atomic mass is 10.2. The predicted octanol–water partition coefficient (Wildman–Crippen LogP) is 3.95. The highest BCUT2D eigenvalue weighted by Crippen LogP contribution is 2.37. The Balaban J connectivity index is 2.22. The molecule has 0 saturated heterocycles. The third kappa shape index (κ3) is 5.52. The molecule has 0 fully saturated rings. The fourth-order valence-electron chi connectivity index (χ4n) is 1.91. The van der Waals surface area contributed by atoms with Crippen molar-refractivity contribution in [3.8, 4) is 11.5 Å². The highest BCUT2D eigenvalue weighted by Gasteiger charge is 2.12. The SMILES string of the molecule is COc1cc(/C=N\N=C(N)N)cc(Br)c1OCc1ccc(Cl)cc1Cl. The van der Waals surface area contributed by atoms with Gasteiger partial charge < -0.3 is 20.9 Å². The van der Waals surface area contributed by atoms with Gasteiger partial charge in [0.2, 0.25) is 5.96 Å². The fourth-order valence-corrected chi connectivity index (χ4v) is 2.94. The maximum atomic E-state index is 6.16. The number of methoxy groups -OCH3 is 1. The normalized spacial score (nSPS) is 10.7. The van der Waals surface area contributed by atoms with Crippen molar-refractivity contribution in [2.75, 3.05) is 7.11 Å². The average molecular weight is 446 g/mol. The van der Waals surface area contributed by atoms with Gasteiger partial charge in [0.25, 0.3) is 0 Å². The van der Waals surface area contributed by atoms with Crippen molar-refractivity contribution in [2.24, 2.45) is 21.7 Å². The monoisotopic (exact) mass is 444 g/mol. The average Bonchev–Trinajstić information content (AvgIpc) is 2.54. The van der Waals surface area contributed by atoms with Gasteiger partial charge in [0, 0.05) is 15.6 Å². The quantitative estimate of drug-likeness (QED) is 0.399. The number of halogens is 3. The van der Waals surface area contributed by atoms with Gasteiger partial charge in [-0.15, -0.1) is 5.10 Å². The van der Waals surface area contributed by atoms with Gasteiger partial charge in [-0.25, -0.2) is 0 Å². The zero-order valence-corrected chi connectivity index (χ0v) is 16.3. The Morgan fingerprint density at radius 1 is 1.24 bits per heavy atom. The van der Waals surface area contributed by atoms with Crippen LogP contribution >= 0.6 is 39.1 Å². The molecule has 2 rings (SSSR count). The van der Waals surface area contributed by atoms with Gasteiger partial charge in [-0.1, -0.05) is 29.3 Å². The summed E-state index contributed by atoms with van der Waals surface area (Å²) in [6.45, 7) is 0.256. The Morgan fingerprint density at radius 3 is 2.64 bits per heavy atom. The number of rotatable bonds is 6. The second-order valence-corrected chi connectivity index (χ2v) is 6.53. The molecule has 25 heavy (non-hydrogen) atoms. The summed E-state index contributed by atoms with van der Waals surface area (Å²) in [6.07, 6.45) is 1.49. The molecular formula is C16H15BrCl2N4O2. The van der Waals surface area contributed by atoms with E-state index in [0.717, 1.165) is 11.1 Å². The molecule has 0 unspecified atom stereocenters. The number of hydrogen-bond donors (Lipinski definition) is 2. The summed E-state index contributed by atoms with van der Waals surface area (Å²) in [5.74, 6) is 0.931. The molecule has 0 saturated carbocycles. The van der Waals surface area contributed by atoms with Gasteiger partial charge in [0.05, 0.1) is 17.8 Å². The predicted molar refractivity (Wildman–Crippen MR) is 105 cm³/mol. The van der Waals surface area contributed by atoms with Gasteiger partial charge >= 0.3 is 0 Å². The lowest BCUT2D eigenvalue weighted by Gasteiger charge is -2.14. The lowest BCUT2D eigenvalue weighted by molar-refractivity contribution is 0.282. The summed E-state index contributed by atoms with van der Waals surface area (Å²) in [7, 11) is 1.54. The number of ether oxygens (including phenoxy) is 2. The van der Waals surface area contributed by atoms with Gasteiger partial charge in [-0.3, -0.25) is 0 Å². The molecule has 0 heterocycles. The molecule has 0 aliphatic carbocycles. The number of benzene rings is 2. The molecule has 2 aromatic carbocycles.